The average Bonchev–Trinajstić information content (AvgIpc) is 2.29. The van der Waals surface area contributed by atoms with Gasteiger partial charge < -0.3 is 11.6 Å². The molecular formula is C9H11ClF3N5S. The molecule has 10 heteroatoms. The summed E-state index contributed by atoms with van der Waals surface area (Å²) in [6, 6.07) is 5.68. The number of hydrogen-bond donors (Lipinski definition) is 3. The number of benzene rings is 1. The summed E-state index contributed by atoms with van der Waals surface area (Å²) in [6.07, 6.45) is 1.38. The second kappa shape index (κ2) is 7.74. The number of nitrogens with one attached hydrogen (secondary N) is 1. The van der Waals surface area contributed by atoms with E-state index in [0.29, 0.717) is 5.56 Å². The smallest absolute Gasteiger partial charge is 0.367 e. The average molecular weight is 314 g/mol. The van der Waals surface area contributed by atoms with Crippen molar-refractivity contribution in [2.24, 2.45) is 21.8 Å². The summed E-state index contributed by atoms with van der Waals surface area (Å²) in [4.78, 5) is 0.107. The predicted molar refractivity (Wildman–Crippen MR) is 72.1 cm³/mol. The Hall–Kier alpha value is -1.61. The Morgan fingerprint density at radius 1 is 1.26 bits per heavy atom. The van der Waals surface area contributed by atoms with Crippen molar-refractivity contribution < 1.29 is 13.2 Å². The molecule has 1 aromatic carbocycles. The van der Waals surface area contributed by atoms with Gasteiger partial charge in [-0.1, -0.05) is 12.1 Å². The molecule has 0 saturated carbocycles. The standard InChI is InChI=1S/C9H10F3N5S.ClH/c10-9(11,12)18-7-3-1-6(2-4-7)5-15-17-8(13)16-14;/h1-5H,14H2,(H3,13,16,17);1H/b15-5-;. The number of nitrogens with two attached hydrogens (primary N) is 2. The Morgan fingerprint density at radius 2 is 1.84 bits per heavy atom. The van der Waals surface area contributed by atoms with Gasteiger partial charge >= 0.3 is 5.51 Å². The van der Waals surface area contributed by atoms with Crippen LogP contribution < -0.4 is 17.0 Å². The highest BCUT2D eigenvalue weighted by molar-refractivity contribution is 8.00. The first-order chi connectivity index (χ1) is 8.40. The molecule has 0 spiro atoms. The zero-order valence-electron chi connectivity index (χ0n) is 9.39. The van der Waals surface area contributed by atoms with Crippen LogP contribution in [0.3, 0.4) is 0 Å². The molecule has 0 amide bonds. The van der Waals surface area contributed by atoms with Crippen LogP contribution in [0.5, 0.6) is 0 Å². The van der Waals surface area contributed by atoms with E-state index in [1.165, 1.54) is 30.5 Å². The fraction of sp³-hybridized carbons (Fsp3) is 0.111. The molecule has 0 bridgehead atoms. The fourth-order valence-corrected chi connectivity index (χ4v) is 1.50. The van der Waals surface area contributed by atoms with Gasteiger partial charge in [0.25, 0.3) is 0 Å². The lowest BCUT2D eigenvalue weighted by atomic mass is 10.2. The molecule has 5 N–H and O–H groups in total. The third-order valence-electron chi connectivity index (χ3n) is 1.65. The summed E-state index contributed by atoms with van der Waals surface area (Å²) in [6.45, 7) is 0. The summed E-state index contributed by atoms with van der Waals surface area (Å²) < 4.78 is 36.2. The van der Waals surface area contributed by atoms with Gasteiger partial charge in [0, 0.05) is 4.90 Å². The lowest BCUT2D eigenvalue weighted by Gasteiger charge is -2.05. The lowest BCUT2D eigenvalue weighted by molar-refractivity contribution is -0.0328. The number of alkyl halides is 3. The molecule has 0 aliphatic rings. The molecule has 0 saturated heterocycles. The zero-order valence-corrected chi connectivity index (χ0v) is 11.0. The maximum absolute atomic E-state index is 12.1. The van der Waals surface area contributed by atoms with Crippen LogP contribution >= 0.6 is 24.2 Å². The second-order valence-corrected chi connectivity index (χ2v) is 4.14. The molecule has 0 heterocycles. The van der Waals surface area contributed by atoms with E-state index in [0.717, 1.165) is 0 Å². The SMILES string of the molecule is Cl.NN=C(N)N/N=C\c1ccc(SC(F)(F)F)cc1. The summed E-state index contributed by atoms with van der Waals surface area (Å²) in [5, 5.41) is 6.79. The van der Waals surface area contributed by atoms with Crippen molar-refractivity contribution in [1.82, 2.24) is 5.43 Å². The Balaban J connectivity index is 0.00000324. The maximum Gasteiger partial charge on any atom is 0.446 e. The number of guanidine groups is 1. The van der Waals surface area contributed by atoms with Crippen LogP contribution in [0.2, 0.25) is 0 Å². The van der Waals surface area contributed by atoms with E-state index in [2.05, 4.69) is 15.6 Å². The molecule has 19 heavy (non-hydrogen) atoms. The minimum atomic E-state index is -4.29. The van der Waals surface area contributed by atoms with Gasteiger partial charge in [-0.25, -0.2) is 5.43 Å². The Kier molecular flexibility index (Phi) is 7.09. The van der Waals surface area contributed by atoms with E-state index in [4.69, 9.17) is 11.6 Å². The Bertz CT molecular complexity index is 446. The molecule has 0 unspecified atom stereocenters. The highest BCUT2D eigenvalue weighted by Crippen LogP contribution is 2.36. The molecule has 5 nitrogen and oxygen atoms in total. The monoisotopic (exact) mass is 313 g/mol. The van der Waals surface area contributed by atoms with Gasteiger partial charge in [-0.05, 0) is 29.5 Å². The second-order valence-electron chi connectivity index (χ2n) is 3.00. The van der Waals surface area contributed by atoms with E-state index < -0.39 is 5.51 Å². The van der Waals surface area contributed by atoms with Gasteiger partial charge in [-0.3, -0.25) is 0 Å². The zero-order chi connectivity index (χ0) is 13.6. The highest BCUT2D eigenvalue weighted by Gasteiger charge is 2.28. The third-order valence-corrected chi connectivity index (χ3v) is 2.38. The lowest BCUT2D eigenvalue weighted by Crippen LogP contribution is -2.28. The van der Waals surface area contributed by atoms with Crippen LogP contribution in [0.4, 0.5) is 13.2 Å². The van der Waals surface area contributed by atoms with E-state index in [1.807, 2.05) is 0 Å². The maximum atomic E-state index is 12.1. The number of thioether (sulfide) groups is 1. The predicted octanol–water partition coefficient (Wildman–Crippen LogP) is 1.83. The largest absolute Gasteiger partial charge is 0.446 e. The molecule has 0 atom stereocenters. The first kappa shape index (κ1) is 17.4. The van der Waals surface area contributed by atoms with Gasteiger partial charge in [0.1, 0.15) is 0 Å². The van der Waals surface area contributed by atoms with Gasteiger partial charge in [-0.15, -0.1) is 17.5 Å². The van der Waals surface area contributed by atoms with E-state index in [-0.39, 0.29) is 35.0 Å². The van der Waals surface area contributed by atoms with Crippen molar-refractivity contribution in [3.8, 4) is 0 Å². The van der Waals surface area contributed by atoms with Crippen molar-refractivity contribution in [2.45, 2.75) is 10.4 Å². The summed E-state index contributed by atoms with van der Waals surface area (Å²) in [5.41, 5.74) is 3.84. The van der Waals surface area contributed by atoms with Gasteiger partial charge in [-0.2, -0.15) is 18.3 Å². The molecule has 0 fully saturated rings. The summed E-state index contributed by atoms with van der Waals surface area (Å²) in [7, 11) is 0. The molecule has 0 aliphatic carbocycles. The normalized spacial score (nSPS) is 12.3. The van der Waals surface area contributed by atoms with Crippen LogP contribution in [0.15, 0.2) is 39.4 Å². The van der Waals surface area contributed by atoms with Gasteiger partial charge in [0.2, 0.25) is 5.96 Å². The Morgan fingerprint density at radius 3 is 2.32 bits per heavy atom. The fourth-order valence-electron chi connectivity index (χ4n) is 0.957. The molecule has 0 aliphatic heterocycles. The first-order valence-electron chi connectivity index (χ1n) is 4.59. The van der Waals surface area contributed by atoms with Crippen molar-refractivity contribution >= 4 is 36.3 Å². The van der Waals surface area contributed by atoms with E-state index in [1.54, 1.807) is 0 Å². The number of halogens is 4. The topological polar surface area (TPSA) is 88.8 Å². The summed E-state index contributed by atoms with van der Waals surface area (Å²) >= 11 is -0.174. The van der Waals surface area contributed by atoms with Gasteiger partial charge in [0.15, 0.2) is 0 Å². The van der Waals surface area contributed by atoms with Crippen LogP contribution in [-0.4, -0.2) is 17.7 Å². The van der Waals surface area contributed by atoms with Crippen LogP contribution in [0, 0.1) is 0 Å². The minimum Gasteiger partial charge on any atom is -0.367 e. The highest BCUT2D eigenvalue weighted by atomic mass is 35.5. The number of hydrazone groups is 2. The number of hydrogen-bond acceptors (Lipinski definition) is 4. The molecule has 106 valence electrons. The van der Waals surface area contributed by atoms with Crippen LogP contribution in [0.25, 0.3) is 0 Å². The van der Waals surface area contributed by atoms with Crippen LogP contribution in [-0.2, 0) is 0 Å². The summed E-state index contributed by atoms with van der Waals surface area (Å²) in [5.74, 6) is 4.77. The van der Waals surface area contributed by atoms with Crippen molar-refractivity contribution in [2.75, 3.05) is 0 Å². The van der Waals surface area contributed by atoms with Gasteiger partial charge in [0.05, 0.1) is 6.21 Å². The van der Waals surface area contributed by atoms with Crippen molar-refractivity contribution in [1.29, 1.82) is 0 Å². The molecule has 0 aromatic heterocycles. The van der Waals surface area contributed by atoms with Crippen molar-refractivity contribution in [3.63, 3.8) is 0 Å². The van der Waals surface area contributed by atoms with Crippen molar-refractivity contribution in [3.05, 3.63) is 29.8 Å². The molecule has 0 radical (unpaired) electrons. The molecule has 1 rings (SSSR count). The number of rotatable bonds is 3. The van der Waals surface area contributed by atoms with E-state index >= 15 is 0 Å². The van der Waals surface area contributed by atoms with E-state index in [9.17, 15) is 13.2 Å². The minimum absolute atomic E-state index is 0. The molecular weight excluding hydrogens is 303 g/mol. The first-order valence-corrected chi connectivity index (χ1v) is 5.40. The van der Waals surface area contributed by atoms with Crippen LogP contribution in [0.1, 0.15) is 5.56 Å². The number of nitrogens with zero attached hydrogens (tertiary/aromatic N) is 2. The quantitative estimate of drug-likeness (QED) is 0.261. The Labute approximate surface area is 117 Å². The molecule has 1 aromatic rings. The third kappa shape index (κ3) is 7.42.